The van der Waals surface area contributed by atoms with E-state index in [4.69, 9.17) is 5.11 Å². The molecule has 76 valence electrons. The van der Waals surface area contributed by atoms with Crippen molar-refractivity contribution in [3.63, 3.8) is 0 Å². The third kappa shape index (κ3) is 1.87. The van der Waals surface area contributed by atoms with Crippen LogP contribution in [0.5, 0.6) is 0 Å². The van der Waals surface area contributed by atoms with Crippen LogP contribution < -0.4 is 0 Å². The maximum Gasteiger partial charge on any atom is 0.132 e. The molecule has 1 heterocycles. The monoisotopic (exact) mass is 203 g/mol. The molecule has 0 amide bonds. The highest BCUT2D eigenvalue weighted by atomic mass is 19.1. The Labute approximate surface area is 87.0 Å². The summed E-state index contributed by atoms with van der Waals surface area (Å²) in [6.07, 6.45) is 1.58. The fraction of sp³-hybridized carbons (Fsp3) is 0.0833. The maximum atomic E-state index is 13.5. The van der Waals surface area contributed by atoms with Crippen molar-refractivity contribution in [3.8, 4) is 11.3 Å². The van der Waals surface area contributed by atoms with Gasteiger partial charge in [-0.3, -0.25) is 4.98 Å². The number of aromatic nitrogens is 1. The molecule has 0 saturated heterocycles. The van der Waals surface area contributed by atoms with Crippen molar-refractivity contribution >= 4 is 0 Å². The second kappa shape index (κ2) is 4.19. The van der Waals surface area contributed by atoms with E-state index in [1.54, 1.807) is 36.5 Å². The predicted octanol–water partition coefficient (Wildman–Crippen LogP) is 2.38. The molecule has 0 aliphatic heterocycles. The van der Waals surface area contributed by atoms with Crippen LogP contribution in [-0.4, -0.2) is 10.1 Å². The van der Waals surface area contributed by atoms with Gasteiger partial charge in [0.25, 0.3) is 0 Å². The number of rotatable bonds is 2. The summed E-state index contributed by atoms with van der Waals surface area (Å²) in [7, 11) is 0. The Balaban J connectivity index is 2.59. The van der Waals surface area contributed by atoms with Gasteiger partial charge in [-0.1, -0.05) is 18.2 Å². The van der Waals surface area contributed by atoms with E-state index in [9.17, 15) is 4.39 Å². The normalized spacial score (nSPS) is 10.3. The van der Waals surface area contributed by atoms with E-state index < -0.39 is 0 Å². The van der Waals surface area contributed by atoms with Crippen molar-refractivity contribution in [3.05, 3.63) is 54.0 Å². The van der Waals surface area contributed by atoms with E-state index in [2.05, 4.69) is 4.98 Å². The van der Waals surface area contributed by atoms with E-state index in [1.165, 1.54) is 6.07 Å². The minimum Gasteiger partial charge on any atom is -0.392 e. The largest absolute Gasteiger partial charge is 0.392 e. The lowest BCUT2D eigenvalue weighted by Crippen LogP contribution is -1.94. The summed E-state index contributed by atoms with van der Waals surface area (Å²) in [5.41, 5.74) is 1.54. The van der Waals surface area contributed by atoms with Gasteiger partial charge in [0, 0.05) is 17.3 Å². The molecule has 2 rings (SSSR count). The zero-order valence-corrected chi connectivity index (χ0v) is 8.02. The molecule has 1 N–H and O–H groups in total. The van der Waals surface area contributed by atoms with Gasteiger partial charge in [-0.25, -0.2) is 4.39 Å². The third-order valence-electron chi connectivity index (χ3n) is 2.19. The molecule has 0 fully saturated rings. The van der Waals surface area contributed by atoms with Gasteiger partial charge < -0.3 is 5.11 Å². The van der Waals surface area contributed by atoms with E-state index in [0.717, 1.165) is 0 Å². The Bertz CT molecular complexity index is 471. The molecule has 0 bridgehead atoms. The number of hydrogen-bond donors (Lipinski definition) is 1. The Morgan fingerprint density at radius 2 is 1.93 bits per heavy atom. The van der Waals surface area contributed by atoms with Crippen LogP contribution in [0.4, 0.5) is 4.39 Å². The van der Waals surface area contributed by atoms with Gasteiger partial charge in [0.1, 0.15) is 5.82 Å². The summed E-state index contributed by atoms with van der Waals surface area (Å²) in [4.78, 5) is 4.08. The van der Waals surface area contributed by atoms with Gasteiger partial charge >= 0.3 is 0 Å². The molecule has 0 spiro atoms. The molecule has 2 nitrogen and oxygen atoms in total. The Morgan fingerprint density at radius 1 is 1.13 bits per heavy atom. The summed E-state index contributed by atoms with van der Waals surface area (Å²) in [6.45, 7) is -0.141. The van der Waals surface area contributed by atoms with Crippen LogP contribution in [0.15, 0.2) is 42.6 Å². The second-order valence-electron chi connectivity index (χ2n) is 3.15. The summed E-state index contributed by atoms with van der Waals surface area (Å²) in [6, 6.07) is 9.85. The number of halogens is 1. The lowest BCUT2D eigenvalue weighted by Gasteiger charge is -2.06. The smallest absolute Gasteiger partial charge is 0.132 e. The van der Waals surface area contributed by atoms with E-state index in [0.29, 0.717) is 16.8 Å². The highest BCUT2D eigenvalue weighted by molar-refractivity contribution is 5.63. The van der Waals surface area contributed by atoms with Gasteiger partial charge in [0.2, 0.25) is 0 Å². The van der Waals surface area contributed by atoms with E-state index in [1.807, 2.05) is 0 Å². The van der Waals surface area contributed by atoms with Crippen molar-refractivity contribution in [2.24, 2.45) is 0 Å². The van der Waals surface area contributed by atoms with Crippen LogP contribution >= 0.6 is 0 Å². The average Bonchev–Trinajstić information content (AvgIpc) is 2.30. The van der Waals surface area contributed by atoms with Gasteiger partial charge in [-0.15, -0.1) is 0 Å². The summed E-state index contributed by atoms with van der Waals surface area (Å²) < 4.78 is 13.5. The van der Waals surface area contributed by atoms with Crippen LogP contribution in [0.2, 0.25) is 0 Å². The Kier molecular flexibility index (Phi) is 2.74. The molecule has 1 aromatic heterocycles. The summed E-state index contributed by atoms with van der Waals surface area (Å²) in [5.74, 6) is -0.328. The maximum absolute atomic E-state index is 13.5. The molecule has 0 aliphatic carbocycles. The first-order valence-electron chi connectivity index (χ1n) is 4.62. The van der Waals surface area contributed by atoms with Crippen molar-refractivity contribution in [1.29, 1.82) is 0 Å². The molecule has 0 saturated carbocycles. The predicted molar refractivity (Wildman–Crippen MR) is 55.6 cm³/mol. The Morgan fingerprint density at radius 3 is 2.67 bits per heavy atom. The quantitative estimate of drug-likeness (QED) is 0.812. The van der Waals surface area contributed by atoms with Crippen molar-refractivity contribution in [2.75, 3.05) is 0 Å². The van der Waals surface area contributed by atoms with E-state index >= 15 is 0 Å². The van der Waals surface area contributed by atoms with Crippen LogP contribution in [0.3, 0.4) is 0 Å². The van der Waals surface area contributed by atoms with Crippen molar-refractivity contribution < 1.29 is 9.50 Å². The number of pyridine rings is 1. The standard InChI is InChI=1S/C12H10FNO/c13-11-6-2-1-5-10(11)12-9(8-15)4-3-7-14-12/h1-7,15H,8H2. The number of benzene rings is 1. The van der Waals surface area contributed by atoms with Crippen molar-refractivity contribution in [1.82, 2.24) is 4.98 Å². The first kappa shape index (κ1) is 9.80. The fourth-order valence-electron chi connectivity index (χ4n) is 1.46. The number of aliphatic hydroxyl groups is 1. The van der Waals surface area contributed by atoms with Crippen LogP contribution in [0.25, 0.3) is 11.3 Å². The minimum atomic E-state index is -0.328. The lowest BCUT2D eigenvalue weighted by molar-refractivity contribution is 0.282. The zero-order chi connectivity index (χ0) is 10.7. The van der Waals surface area contributed by atoms with Crippen LogP contribution in [0, 0.1) is 5.82 Å². The fourth-order valence-corrected chi connectivity index (χ4v) is 1.46. The van der Waals surface area contributed by atoms with E-state index in [-0.39, 0.29) is 12.4 Å². The van der Waals surface area contributed by atoms with Gasteiger partial charge in [-0.05, 0) is 18.2 Å². The summed E-state index contributed by atoms with van der Waals surface area (Å²) in [5, 5.41) is 9.11. The van der Waals surface area contributed by atoms with Crippen molar-refractivity contribution in [2.45, 2.75) is 6.61 Å². The van der Waals surface area contributed by atoms with Gasteiger partial charge in [0.05, 0.1) is 12.3 Å². The molecule has 3 heteroatoms. The highest BCUT2D eigenvalue weighted by Crippen LogP contribution is 2.23. The highest BCUT2D eigenvalue weighted by Gasteiger charge is 2.08. The van der Waals surface area contributed by atoms with Crippen LogP contribution in [-0.2, 0) is 6.61 Å². The molecule has 2 aromatic rings. The van der Waals surface area contributed by atoms with Crippen LogP contribution in [0.1, 0.15) is 5.56 Å². The topological polar surface area (TPSA) is 33.1 Å². The Hall–Kier alpha value is -1.74. The third-order valence-corrected chi connectivity index (χ3v) is 2.19. The second-order valence-corrected chi connectivity index (χ2v) is 3.15. The molecule has 0 radical (unpaired) electrons. The van der Waals surface area contributed by atoms with Gasteiger partial charge in [0.15, 0.2) is 0 Å². The average molecular weight is 203 g/mol. The molecular formula is C12H10FNO. The van der Waals surface area contributed by atoms with Gasteiger partial charge in [-0.2, -0.15) is 0 Å². The molecule has 0 unspecified atom stereocenters. The molecule has 15 heavy (non-hydrogen) atoms. The lowest BCUT2D eigenvalue weighted by atomic mass is 10.1. The minimum absolute atomic E-state index is 0.141. The molecular weight excluding hydrogens is 193 g/mol. The molecule has 0 aliphatic rings. The first-order valence-corrected chi connectivity index (χ1v) is 4.62. The molecule has 1 aromatic carbocycles. The number of aliphatic hydroxyl groups excluding tert-OH is 1. The number of hydrogen-bond acceptors (Lipinski definition) is 2. The number of nitrogens with zero attached hydrogens (tertiary/aromatic N) is 1. The molecule has 0 atom stereocenters. The first-order chi connectivity index (χ1) is 7.33. The summed E-state index contributed by atoms with van der Waals surface area (Å²) >= 11 is 0. The SMILES string of the molecule is OCc1cccnc1-c1ccccc1F. The zero-order valence-electron chi connectivity index (χ0n) is 8.02.